The Bertz CT molecular complexity index is 965. The Morgan fingerprint density at radius 2 is 1.53 bits per heavy atom. The fourth-order valence-electron chi connectivity index (χ4n) is 3.21. The Kier molecular flexibility index (Phi) is 7.06. The van der Waals surface area contributed by atoms with E-state index in [1.807, 2.05) is 30.3 Å². The minimum absolute atomic E-state index is 0.432. The second-order valence-corrected chi connectivity index (χ2v) is 6.53. The van der Waals surface area contributed by atoms with E-state index in [2.05, 4.69) is 12.1 Å². The van der Waals surface area contributed by atoms with E-state index in [0.29, 0.717) is 40.9 Å². The Morgan fingerprint density at radius 3 is 2.13 bits per heavy atom. The van der Waals surface area contributed by atoms with E-state index in [9.17, 15) is 0 Å². The van der Waals surface area contributed by atoms with Gasteiger partial charge in [-0.15, -0.1) is 0 Å². The molecule has 7 heteroatoms. The van der Waals surface area contributed by atoms with Crippen LogP contribution in [0.25, 0.3) is 22.4 Å². The summed E-state index contributed by atoms with van der Waals surface area (Å²) in [7, 11) is 6.24. The minimum Gasteiger partial charge on any atom is -0.494 e. The van der Waals surface area contributed by atoms with Crippen LogP contribution < -0.4 is 23.7 Å². The van der Waals surface area contributed by atoms with Gasteiger partial charge in [-0.1, -0.05) is 18.5 Å². The van der Waals surface area contributed by atoms with Crippen molar-refractivity contribution >= 4 is 0 Å². The highest BCUT2D eigenvalue weighted by Gasteiger charge is 2.25. The molecule has 0 spiro atoms. The minimum atomic E-state index is 0.432. The zero-order chi connectivity index (χ0) is 21.5. The third-order valence-electron chi connectivity index (χ3n) is 4.74. The summed E-state index contributed by atoms with van der Waals surface area (Å²) < 4.78 is 33.2. The average molecular weight is 413 g/mol. The molecule has 0 bridgehead atoms. The lowest BCUT2D eigenvalue weighted by molar-refractivity contribution is 0.306. The van der Waals surface area contributed by atoms with E-state index in [1.54, 1.807) is 34.7 Å². The smallest absolute Gasteiger partial charge is 0.207 e. The topological polar surface area (TPSA) is 72.2 Å². The third kappa shape index (κ3) is 4.15. The molecule has 30 heavy (non-hydrogen) atoms. The molecule has 0 aliphatic carbocycles. The molecule has 3 aromatic rings. The summed E-state index contributed by atoms with van der Waals surface area (Å²) in [5, 5.41) is 4.21. The molecule has 0 N–H and O–H groups in total. The van der Waals surface area contributed by atoms with Crippen molar-refractivity contribution in [3.8, 4) is 51.1 Å². The summed E-state index contributed by atoms with van der Waals surface area (Å²) >= 11 is 0. The van der Waals surface area contributed by atoms with Gasteiger partial charge in [-0.25, -0.2) is 0 Å². The van der Waals surface area contributed by atoms with Crippen LogP contribution in [0, 0.1) is 0 Å². The summed E-state index contributed by atoms with van der Waals surface area (Å²) in [6.07, 6.45) is 3.69. The quantitative estimate of drug-likeness (QED) is 0.422. The Labute approximate surface area is 176 Å². The third-order valence-corrected chi connectivity index (χ3v) is 4.74. The number of hydrogen-bond acceptors (Lipinski definition) is 7. The molecule has 0 fully saturated rings. The van der Waals surface area contributed by atoms with Crippen molar-refractivity contribution in [3.63, 3.8) is 0 Å². The number of aromatic nitrogens is 1. The maximum absolute atomic E-state index is 5.75. The average Bonchev–Trinajstić information content (AvgIpc) is 3.27. The van der Waals surface area contributed by atoms with Gasteiger partial charge >= 0.3 is 0 Å². The van der Waals surface area contributed by atoms with E-state index in [0.717, 1.165) is 29.7 Å². The summed E-state index contributed by atoms with van der Waals surface area (Å²) in [6.45, 7) is 2.84. The molecule has 0 radical (unpaired) electrons. The molecule has 0 atom stereocenters. The maximum Gasteiger partial charge on any atom is 0.207 e. The number of ether oxygens (including phenoxy) is 5. The number of benzene rings is 2. The normalized spacial score (nSPS) is 10.6. The fourth-order valence-corrected chi connectivity index (χ4v) is 3.21. The molecule has 7 nitrogen and oxygen atoms in total. The van der Waals surface area contributed by atoms with Crippen LogP contribution in [0.2, 0.25) is 0 Å². The van der Waals surface area contributed by atoms with Crippen LogP contribution in [0.15, 0.2) is 41.1 Å². The first-order valence-electron chi connectivity index (χ1n) is 9.73. The van der Waals surface area contributed by atoms with Crippen LogP contribution in [0.5, 0.6) is 28.7 Å². The molecule has 0 saturated heterocycles. The fraction of sp³-hybridized carbons (Fsp3) is 0.348. The summed E-state index contributed by atoms with van der Waals surface area (Å²) in [4.78, 5) is 0. The Balaban J connectivity index is 2.04. The van der Waals surface area contributed by atoms with Crippen molar-refractivity contribution in [2.75, 3.05) is 35.0 Å². The van der Waals surface area contributed by atoms with Crippen molar-refractivity contribution in [1.82, 2.24) is 5.16 Å². The largest absolute Gasteiger partial charge is 0.494 e. The van der Waals surface area contributed by atoms with Crippen molar-refractivity contribution in [2.45, 2.75) is 19.8 Å². The van der Waals surface area contributed by atoms with Gasteiger partial charge in [0, 0.05) is 11.1 Å². The second kappa shape index (κ2) is 9.91. The number of rotatable bonds is 10. The summed E-state index contributed by atoms with van der Waals surface area (Å²) in [5.74, 6) is 2.71. The molecule has 0 amide bonds. The van der Waals surface area contributed by atoms with E-state index < -0.39 is 0 Å². The van der Waals surface area contributed by atoms with Crippen molar-refractivity contribution in [3.05, 3.63) is 36.6 Å². The molecule has 0 aliphatic rings. The van der Waals surface area contributed by atoms with Crippen LogP contribution in [-0.2, 0) is 0 Å². The van der Waals surface area contributed by atoms with Crippen LogP contribution in [0.4, 0.5) is 0 Å². The molecule has 1 heterocycles. The van der Waals surface area contributed by atoms with E-state index >= 15 is 0 Å². The number of methoxy groups -OCH3 is 4. The van der Waals surface area contributed by atoms with Gasteiger partial charge in [0.15, 0.2) is 11.5 Å². The van der Waals surface area contributed by atoms with Crippen molar-refractivity contribution in [2.24, 2.45) is 0 Å². The van der Waals surface area contributed by atoms with Crippen LogP contribution >= 0.6 is 0 Å². The lowest BCUT2D eigenvalue weighted by atomic mass is 9.99. The van der Waals surface area contributed by atoms with E-state index in [4.69, 9.17) is 28.2 Å². The Morgan fingerprint density at radius 1 is 0.833 bits per heavy atom. The summed E-state index contributed by atoms with van der Waals surface area (Å²) in [5.41, 5.74) is 3.01. The van der Waals surface area contributed by atoms with Crippen LogP contribution in [-0.4, -0.2) is 40.2 Å². The van der Waals surface area contributed by atoms with Gasteiger partial charge in [-0.3, -0.25) is 0 Å². The first-order chi connectivity index (χ1) is 14.7. The zero-order valence-corrected chi connectivity index (χ0v) is 18.0. The SMILES string of the molecule is CCCCOc1ccc(-c2nocc2-c2cc(OC)c(OC)c(OC)c2OC)cc1. The van der Waals surface area contributed by atoms with E-state index in [-0.39, 0.29) is 0 Å². The van der Waals surface area contributed by atoms with Crippen molar-refractivity contribution in [1.29, 1.82) is 0 Å². The predicted octanol–water partition coefficient (Wildman–Crippen LogP) is 5.22. The monoisotopic (exact) mass is 413 g/mol. The molecule has 0 aliphatic heterocycles. The van der Waals surface area contributed by atoms with Gasteiger partial charge in [-0.05, 0) is 36.8 Å². The molecule has 0 saturated carbocycles. The molecule has 3 rings (SSSR count). The van der Waals surface area contributed by atoms with Crippen LogP contribution in [0.1, 0.15) is 19.8 Å². The van der Waals surface area contributed by atoms with Crippen molar-refractivity contribution < 1.29 is 28.2 Å². The molecule has 0 unspecified atom stereocenters. The number of hydrogen-bond donors (Lipinski definition) is 0. The molecule has 160 valence electrons. The number of nitrogens with zero attached hydrogens (tertiary/aromatic N) is 1. The van der Waals surface area contributed by atoms with Gasteiger partial charge in [0.05, 0.1) is 40.6 Å². The van der Waals surface area contributed by atoms with Gasteiger partial charge < -0.3 is 28.2 Å². The van der Waals surface area contributed by atoms with E-state index in [1.165, 1.54) is 0 Å². The molecular formula is C23H27NO6. The highest BCUT2D eigenvalue weighted by molar-refractivity contribution is 5.87. The molecular weight excluding hydrogens is 386 g/mol. The highest BCUT2D eigenvalue weighted by Crippen LogP contribution is 2.51. The summed E-state index contributed by atoms with van der Waals surface area (Å²) in [6, 6.07) is 9.57. The van der Waals surface area contributed by atoms with Gasteiger partial charge in [0.1, 0.15) is 17.7 Å². The predicted molar refractivity (Wildman–Crippen MR) is 114 cm³/mol. The zero-order valence-electron chi connectivity index (χ0n) is 18.0. The van der Waals surface area contributed by atoms with Gasteiger partial charge in [0.25, 0.3) is 0 Å². The lowest BCUT2D eigenvalue weighted by Crippen LogP contribution is -2.00. The Hall–Kier alpha value is -3.35. The van der Waals surface area contributed by atoms with Gasteiger partial charge in [-0.2, -0.15) is 0 Å². The van der Waals surface area contributed by atoms with Gasteiger partial charge in [0.2, 0.25) is 11.5 Å². The lowest BCUT2D eigenvalue weighted by Gasteiger charge is -2.18. The molecule has 2 aromatic carbocycles. The molecule has 1 aromatic heterocycles. The maximum atomic E-state index is 5.75. The highest BCUT2D eigenvalue weighted by atomic mass is 16.5. The second-order valence-electron chi connectivity index (χ2n) is 6.53. The number of unbranched alkanes of at least 4 members (excludes halogenated alkanes) is 1. The van der Waals surface area contributed by atoms with Crippen LogP contribution in [0.3, 0.4) is 0 Å². The standard InChI is InChI=1S/C23H27NO6/c1-6-7-12-29-16-10-8-15(9-11-16)20-18(14-30-24-20)17-13-19(25-2)22(27-4)23(28-5)21(17)26-3/h8-11,13-14H,6-7,12H2,1-5H3. The first kappa shape index (κ1) is 21.4. The first-order valence-corrected chi connectivity index (χ1v) is 9.73.